The molecule has 0 aliphatic rings. The van der Waals surface area contributed by atoms with Crippen LogP contribution in [0.1, 0.15) is 32.3 Å². The number of benzene rings is 1. The van der Waals surface area contributed by atoms with Crippen LogP contribution in [0.5, 0.6) is 0 Å². The van der Waals surface area contributed by atoms with Gasteiger partial charge in [0, 0.05) is 30.5 Å². The van der Waals surface area contributed by atoms with Crippen molar-refractivity contribution >= 4 is 34.5 Å². The molecular formula is C20H25ClN4O3S. The van der Waals surface area contributed by atoms with Gasteiger partial charge in [0.15, 0.2) is 16.3 Å². The largest absolute Gasteiger partial charge is 0.396 e. The number of hydrogen-bond acceptors (Lipinski definition) is 5. The summed E-state index contributed by atoms with van der Waals surface area (Å²) in [6.07, 6.45) is 1.31. The molecule has 0 amide bonds. The lowest BCUT2D eigenvalue weighted by atomic mass is 10.2. The van der Waals surface area contributed by atoms with Gasteiger partial charge in [0.1, 0.15) is 0 Å². The summed E-state index contributed by atoms with van der Waals surface area (Å²) in [6.45, 7) is 4.90. The molecule has 3 aromatic rings. The van der Waals surface area contributed by atoms with Crippen molar-refractivity contribution in [2.75, 3.05) is 12.4 Å². The SMILES string of the molecule is CCCSc1nc2c(c(=O)n(CCCO)c(=O)n2CC)n1Cc1ccc(Cl)cc1. The van der Waals surface area contributed by atoms with Crippen LogP contribution in [0.3, 0.4) is 0 Å². The lowest BCUT2D eigenvalue weighted by Crippen LogP contribution is -2.40. The van der Waals surface area contributed by atoms with Crippen LogP contribution < -0.4 is 11.2 Å². The highest BCUT2D eigenvalue weighted by Crippen LogP contribution is 2.24. The standard InChI is InChI=1S/C20H25ClN4O3S/c1-3-12-29-19-22-17-16(25(19)13-14-6-8-15(21)9-7-14)18(27)24(10-5-11-26)20(28)23(17)4-2/h6-9,26H,3-5,10-13H2,1-2H3. The van der Waals surface area contributed by atoms with Crippen LogP contribution in [0, 0.1) is 0 Å². The number of nitrogens with zero attached hydrogens (tertiary/aromatic N) is 4. The van der Waals surface area contributed by atoms with E-state index < -0.39 is 0 Å². The van der Waals surface area contributed by atoms with Gasteiger partial charge >= 0.3 is 5.69 Å². The summed E-state index contributed by atoms with van der Waals surface area (Å²) >= 11 is 7.58. The lowest BCUT2D eigenvalue weighted by Gasteiger charge is -2.12. The van der Waals surface area contributed by atoms with Crippen molar-refractivity contribution in [2.45, 2.75) is 51.5 Å². The highest BCUT2D eigenvalue weighted by Gasteiger charge is 2.21. The van der Waals surface area contributed by atoms with E-state index in [1.54, 1.807) is 11.8 Å². The van der Waals surface area contributed by atoms with Crippen molar-refractivity contribution in [1.29, 1.82) is 0 Å². The molecule has 2 heterocycles. The number of hydrogen-bond donors (Lipinski definition) is 1. The Bertz CT molecular complexity index is 1100. The zero-order valence-electron chi connectivity index (χ0n) is 16.6. The van der Waals surface area contributed by atoms with E-state index in [1.807, 2.05) is 35.8 Å². The molecule has 0 aliphatic carbocycles. The molecule has 0 bridgehead atoms. The number of aliphatic hydroxyl groups excluding tert-OH is 1. The first-order chi connectivity index (χ1) is 14.0. The van der Waals surface area contributed by atoms with Gasteiger partial charge in [-0.25, -0.2) is 9.78 Å². The summed E-state index contributed by atoms with van der Waals surface area (Å²) in [6, 6.07) is 7.47. The maximum Gasteiger partial charge on any atom is 0.332 e. The summed E-state index contributed by atoms with van der Waals surface area (Å²) in [5.74, 6) is 0.860. The van der Waals surface area contributed by atoms with Crippen molar-refractivity contribution in [3.63, 3.8) is 0 Å². The van der Waals surface area contributed by atoms with Crippen molar-refractivity contribution < 1.29 is 5.11 Å². The first-order valence-corrected chi connectivity index (χ1v) is 11.1. The molecule has 0 fully saturated rings. The first-order valence-electron chi connectivity index (χ1n) is 9.73. The van der Waals surface area contributed by atoms with Crippen LogP contribution in [0.25, 0.3) is 11.2 Å². The average Bonchev–Trinajstić information content (AvgIpc) is 3.06. The molecule has 0 spiro atoms. The molecule has 29 heavy (non-hydrogen) atoms. The van der Waals surface area contributed by atoms with Gasteiger partial charge in [-0.15, -0.1) is 0 Å². The monoisotopic (exact) mass is 436 g/mol. The van der Waals surface area contributed by atoms with Gasteiger partial charge in [-0.1, -0.05) is 42.4 Å². The Morgan fingerprint density at radius 2 is 1.83 bits per heavy atom. The molecule has 0 aliphatic heterocycles. The van der Waals surface area contributed by atoms with Crippen molar-refractivity contribution in [2.24, 2.45) is 0 Å². The summed E-state index contributed by atoms with van der Waals surface area (Å²) in [5, 5.41) is 10.5. The third kappa shape index (κ3) is 4.44. The van der Waals surface area contributed by atoms with Gasteiger partial charge in [-0.05, 0) is 37.5 Å². The summed E-state index contributed by atoms with van der Waals surface area (Å²) in [7, 11) is 0. The van der Waals surface area contributed by atoms with Crippen molar-refractivity contribution in [1.82, 2.24) is 18.7 Å². The van der Waals surface area contributed by atoms with E-state index in [9.17, 15) is 9.59 Å². The molecule has 1 aromatic carbocycles. The fourth-order valence-electron chi connectivity index (χ4n) is 3.20. The predicted molar refractivity (Wildman–Crippen MR) is 117 cm³/mol. The molecule has 0 saturated heterocycles. The molecule has 156 valence electrons. The van der Waals surface area contributed by atoms with Crippen LogP contribution in [0.2, 0.25) is 5.02 Å². The van der Waals surface area contributed by atoms with Crippen LogP contribution in [0.4, 0.5) is 0 Å². The molecule has 0 unspecified atom stereocenters. The summed E-state index contributed by atoms with van der Waals surface area (Å²) in [5.41, 5.74) is 1.06. The second kappa shape index (κ2) is 9.65. The molecule has 9 heteroatoms. The number of rotatable bonds is 9. The van der Waals surface area contributed by atoms with Gasteiger partial charge in [-0.2, -0.15) is 0 Å². The second-order valence-corrected chi connectivity index (χ2v) is 8.19. The van der Waals surface area contributed by atoms with Crippen LogP contribution in [-0.4, -0.2) is 36.2 Å². The van der Waals surface area contributed by atoms with Gasteiger partial charge < -0.3 is 9.67 Å². The van der Waals surface area contributed by atoms with E-state index in [1.165, 1.54) is 9.13 Å². The number of thioether (sulfide) groups is 1. The molecule has 0 radical (unpaired) electrons. The predicted octanol–water partition coefficient (Wildman–Crippen LogP) is 2.97. The van der Waals surface area contributed by atoms with E-state index in [0.717, 1.165) is 22.9 Å². The lowest BCUT2D eigenvalue weighted by molar-refractivity contribution is 0.277. The highest BCUT2D eigenvalue weighted by atomic mass is 35.5. The van der Waals surface area contributed by atoms with Gasteiger partial charge in [0.05, 0.1) is 6.54 Å². The quantitative estimate of drug-likeness (QED) is 0.521. The Hall–Kier alpha value is -2.03. The van der Waals surface area contributed by atoms with Crippen molar-refractivity contribution in [3.05, 3.63) is 55.7 Å². The number of halogens is 1. The number of aromatic nitrogens is 4. The molecule has 0 atom stereocenters. The van der Waals surface area contributed by atoms with Crippen LogP contribution in [-0.2, 0) is 19.6 Å². The Morgan fingerprint density at radius 1 is 1.10 bits per heavy atom. The molecule has 2 aromatic heterocycles. The minimum absolute atomic E-state index is 0.0856. The maximum absolute atomic E-state index is 13.3. The number of fused-ring (bicyclic) bond motifs is 1. The van der Waals surface area contributed by atoms with Crippen LogP contribution in [0.15, 0.2) is 39.0 Å². The molecule has 7 nitrogen and oxygen atoms in total. The summed E-state index contributed by atoms with van der Waals surface area (Å²) in [4.78, 5) is 30.8. The van der Waals surface area contributed by atoms with E-state index in [0.29, 0.717) is 35.7 Å². The third-order valence-electron chi connectivity index (χ3n) is 4.62. The zero-order chi connectivity index (χ0) is 21.0. The molecule has 1 N–H and O–H groups in total. The average molecular weight is 437 g/mol. The zero-order valence-corrected chi connectivity index (χ0v) is 18.2. The molecule has 3 rings (SSSR count). The fraction of sp³-hybridized carbons (Fsp3) is 0.450. The van der Waals surface area contributed by atoms with E-state index in [4.69, 9.17) is 16.7 Å². The van der Waals surface area contributed by atoms with Crippen LogP contribution >= 0.6 is 23.4 Å². The molecule has 0 saturated carbocycles. The van der Waals surface area contributed by atoms with E-state index >= 15 is 0 Å². The third-order valence-corrected chi connectivity index (χ3v) is 6.06. The Kier molecular flexibility index (Phi) is 7.21. The Balaban J connectivity index is 2.26. The van der Waals surface area contributed by atoms with Gasteiger partial charge in [0.2, 0.25) is 0 Å². The number of aliphatic hydroxyl groups is 1. The van der Waals surface area contributed by atoms with E-state index in [-0.39, 0.29) is 24.4 Å². The topological polar surface area (TPSA) is 82.1 Å². The smallest absolute Gasteiger partial charge is 0.332 e. The minimum Gasteiger partial charge on any atom is -0.396 e. The minimum atomic E-state index is -0.387. The van der Waals surface area contributed by atoms with Gasteiger partial charge in [-0.3, -0.25) is 13.9 Å². The van der Waals surface area contributed by atoms with Gasteiger partial charge in [0.25, 0.3) is 5.56 Å². The summed E-state index contributed by atoms with van der Waals surface area (Å²) < 4.78 is 4.63. The maximum atomic E-state index is 13.3. The van der Waals surface area contributed by atoms with Crippen molar-refractivity contribution in [3.8, 4) is 0 Å². The fourth-order valence-corrected chi connectivity index (χ4v) is 4.18. The second-order valence-electron chi connectivity index (χ2n) is 6.69. The normalized spacial score (nSPS) is 11.4. The number of aryl methyl sites for hydroxylation is 1. The Labute approximate surface area is 177 Å². The highest BCUT2D eigenvalue weighted by molar-refractivity contribution is 7.99. The molecular weight excluding hydrogens is 412 g/mol. The van der Waals surface area contributed by atoms with E-state index in [2.05, 4.69) is 11.9 Å². The Morgan fingerprint density at radius 3 is 2.45 bits per heavy atom. The first kappa shape index (κ1) is 21.7. The number of imidazole rings is 1.